The van der Waals surface area contributed by atoms with Gasteiger partial charge in [-0.1, -0.05) is 19.4 Å². The predicted octanol–water partition coefficient (Wildman–Crippen LogP) is 3.56. The van der Waals surface area contributed by atoms with Crippen molar-refractivity contribution in [2.45, 2.75) is 33.6 Å². The number of amides is 1. The Morgan fingerprint density at radius 3 is 2.55 bits per heavy atom. The molecule has 0 atom stereocenters. The van der Waals surface area contributed by atoms with Crippen LogP contribution in [0, 0.1) is 13.8 Å². The molecule has 5 nitrogen and oxygen atoms in total. The maximum atomic E-state index is 12.1. The second-order valence-corrected chi connectivity index (χ2v) is 5.34. The Morgan fingerprint density at radius 2 is 1.91 bits per heavy atom. The summed E-state index contributed by atoms with van der Waals surface area (Å²) in [6, 6.07) is 9.27. The van der Waals surface area contributed by atoms with E-state index in [-0.39, 0.29) is 5.91 Å². The van der Waals surface area contributed by atoms with Crippen molar-refractivity contribution < 1.29 is 4.79 Å². The number of carbonyl (C=O) groups is 1. The molecule has 0 saturated heterocycles. The van der Waals surface area contributed by atoms with E-state index in [1.54, 1.807) is 12.1 Å². The van der Waals surface area contributed by atoms with E-state index in [1.165, 1.54) is 5.56 Å². The monoisotopic (exact) mass is 298 g/mol. The van der Waals surface area contributed by atoms with Crippen LogP contribution in [0.5, 0.6) is 0 Å². The summed E-state index contributed by atoms with van der Waals surface area (Å²) in [7, 11) is 0. The van der Waals surface area contributed by atoms with E-state index < -0.39 is 0 Å². The zero-order chi connectivity index (χ0) is 15.9. The maximum Gasteiger partial charge on any atom is 0.276 e. The lowest BCUT2D eigenvalue weighted by Gasteiger charge is -2.08. The van der Waals surface area contributed by atoms with Crippen molar-refractivity contribution in [1.29, 1.82) is 0 Å². The number of nitrogens with one attached hydrogen (secondary N) is 2. The van der Waals surface area contributed by atoms with Gasteiger partial charge in [-0.15, -0.1) is 10.2 Å². The van der Waals surface area contributed by atoms with Gasteiger partial charge in [0, 0.05) is 12.2 Å². The fourth-order valence-corrected chi connectivity index (χ4v) is 1.96. The molecule has 0 unspecified atom stereocenters. The summed E-state index contributed by atoms with van der Waals surface area (Å²) in [6.07, 6.45) is 2.20. The topological polar surface area (TPSA) is 66.9 Å². The average molecular weight is 298 g/mol. The Hall–Kier alpha value is -2.43. The first kappa shape index (κ1) is 15.9. The molecule has 0 aliphatic carbocycles. The normalized spacial score (nSPS) is 10.3. The highest BCUT2D eigenvalue weighted by molar-refractivity contribution is 6.02. The van der Waals surface area contributed by atoms with Crippen molar-refractivity contribution >= 4 is 17.4 Å². The van der Waals surface area contributed by atoms with Gasteiger partial charge in [0.2, 0.25) is 0 Å². The first-order valence-electron chi connectivity index (χ1n) is 7.56. The molecule has 5 heteroatoms. The lowest BCUT2D eigenvalue weighted by molar-refractivity contribution is 0.102. The maximum absolute atomic E-state index is 12.1. The van der Waals surface area contributed by atoms with Crippen LogP contribution < -0.4 is 10.6 Å². The van der Waals surface area contributed by atoms with Gasteiger partial charge in [-0.3, -0.25) is 4.79 Å². The summed E-state index contributed by atoms with van der Waals surface area (Å²) in [6.45, 7) is 7.05. The van der Waals surface area contributed by atoms with Crippen LogP contribution in [0.1, 0.15) is 41.4 Å². The molecule has 0 aliphatic rings. The Bertz CT molecular complexity index is 638. The van der Waals surface area contributed by atoms with E-state index in [0.717, 1.165) is 30.6 Å². The molecule has 2 aromatic rings. The van der Waals surface area contributed by atoms with Gasteiger partial charge in [-0.05, 0) is 55.7 Å². The molecule has 1 aromatic carbocycles. The smallest absolute Gasteiger partial charge is 0.276 e. The lowest BCUT2D eigenvalue weighted by atomic mass is 10.1. The van der Waals surface area contributed by atoms with Crippen LogP contribution in [0.15, 0.2) is 30.3 Å². The minimum absolute atomic E-state index is 0.254. The fourth-order valence-electron chi connectivity index (χ4n) is 1.96. The molecule has 0 saturated carbocycles. The number of carbonyl (C=O) groups excluding carboxylic acids is 1. The van der Waals surface area contributed by atoms with Crippen molar-refractivity contribution in [2.75, 3.05) is 17.2 Å². The molecule has 116 valence electrons. The van der Waals surface area contributed by atoms with E-state index >= 15 is 0 Å². The molecule has 0 aliphatic heterocycles. The van der Waals surface area contributed by atoms with Crippen LogP contribution in [0.3, 0.4) is 0 Å². The standard InChI is InChI=1S/C17H22N4O/c1-4-5-10-18-16-9-8-15(20-21-16)17(22)19-14-7-6-12(2)13(3)11-14/h6-9,11H,4-5,10H2,1-3H3,(H,18,21)(H,19,22). The Kier molecular flexibility index (Phi) is 5.47. The number of hydrogen-bond donors (Lipinski definition) is 2. The van der Waals surface area contributed by atoms with Gasteiger partial charge in [0.25, 0.3) is 5.91 Å². The van der Waals surface area contributed by atoms with Gasteiger partial charge in [-0.2, -0.15) is 0 Å². The van der Waals surface area contributed by atoms with E-state index in [9.17, 15) is 4.79 Å². The largest absolute Gasteiger partial charge is 0.369 e. The van der Waals surface area contributed by atoms with Crippen LogP contribution in [0.2, 0.25) is 0 Å². The molecular weight excluding hydrogens is 276 g/mol. The summed E-state index contributed by atoms with van der Waals surface area (Å²) < 4.78 is 0. The van der Waals surface area contributed by atoms with Crippen LogP contribution in [0.25, 0.3) is 0 Å². The molecule has 2 rings (SSSR count). The molecule has 0 radical (unpaired) electrons. The summed E-state index contributed by atoms with van der Waals surface area (Å²) in [4.78, 5) is 12.1. The predicted molar refractivity (Wildman–Crippen MR) is 89.3 cm³/mol. The van der Waals surface area contributed by atoms with E-state index in [1.807, 2.05) is 32.0 Å². The quantitative estimate of drug-likeness (QED) is 0.800. The summed E-state index contributed by atoms with van der Waals surface area (Å²) in [5.41, 5.74) is 3.40. The van der Waals surface area contributed by atoms with E-state index in [4.69, 9.17) is 0 Å². The second kappa shape index (κ2) is 7.54. The van der Waals surface area contributed by atoms with Crippen molar-refractivity contribution in [3.8, 4) is 0 Å². The third-order valence-corrected chi connectivity index (χ3v) is 3.50. The Labute approximate surface area is 131 Å². The zero-order valence-corrected chi connectivity index (χ0v) is 13.3. The summed E-state index contributed by atoms with van der Waals surface area (Å²) in [5.74, 6) is 0.437. The first-order chi connectivity index (χ1) is 10.6. The highest BCUT2D eigenvalue weighted by Gasteiger charge is 2.09. The average Bonchev–Trinajstić information content (AvgIpc) is 2.52. The van der Waals surface area contributed by atoms with Crippen LogP contribution in [-0.2, 0) is 0 Å². The van der Waals surface area contributed by atoms with E-state index in [0.29, 0.717) is 11.5 Å². The van der Waals surface area contributed by atoms with Crippen molar-refractivity contribution in [2.24, 2.45) is 0 Å². The summed E-state index contributed by atoms with van der Waals surface area (Å²) in [5, 5.41) is 14.0. The minimum Gasteiger partial charge on any atom is -0.369 e. The molecule has 0 spiro atoms. The van der Waals surface area contributed by atoms with Gasteiger partial charge in [0.1, 0.15) is 5.82 Å². The van der Waals surface area contributed by atoms with Crippen LogP contribution in [0.4, 0.5) is 11.5 Å². The molecule has 2 N–H and O–H groups in total. The van der Waals surface area contributed by atoms with Gasteiger partial charge >= 0.3 is 0 Å². The third-order valence-electron chi connectivity index (χ3n) is 3.50. The Morgan fingerprint density at radius 1 is 1.09 bits per heavy atom. The number of hydrogen-bond acceptors (Lipinski definition) is 4. The van der Waals surface area contributed by atoms with Crippen LogP contribution in [-0.4, -0.2) is 22.6 Å². The van der Waals surface area contributed by atoms with Crippen molar-refractivity contribution in [3.05, 3.63) is 47.2 Å². The van der Waals surface area contributed by atoms with E-state index in [2.05, 4.69) is 27.8 Å². The number of aryl methyl sites for hydroxylation is 2. The zero-order valence-electron chi connectivity index (χ0n) is 13.3. The molecule has 1 aromatic heterocycles. The number of anilines is 2. The van der Waals surface area contributed by atoms with Gasteiger partial charge < -0.3 is 10.6 Å². The molecular formula is C17H22N4O. The highest BCUT2D eigenvalue weighted by Crippen LogP contribution is 2.15. The minimum atomic E-state index is -0.254. The molecule has 1 heterocycles. The van der Waals surface area contributed by atoms with Gasteiger partial charge in [0.15, 0.2) is 5.69 Å². The fraction of sp³-hybridized carbons (Fsp3) is 0.353. The SMILES string of the molecule is CCCCNc1ccc(C(=O)Nc2ccc(C)c(C)c2)nn1. The molecule has 22 heavy (non-hydrogen) atoms. The number of unbranched alkanes of at least 4 members (excludes halogenated alkanes) is 1. The molecule has 0 bridgehead atoms. The highest BCUT2D eigenvalue weighted by atomic mass is 16.1. The number of rotatable bonds is 6. The lowest BCUT2D eigenvalue weighted by Crippen LogP contribution is -2.15. The Balaban J connectivity index is 1.98. The first-order valence-corrected chi connectivity index (χ1v) is 7.56. The van der Waals surface area contributed by atoms with Crippen LogP contribution >= 0.6 is 0 Å². The van der Waals surface area contributed by atoms with Gasteiger partial charge in [0.05, 0.1) is 0 Å². The van der Waals surface area contributed by atoms with Gasteiger partial charge in [-0.25, -0.2) is 0 Å². The molecule has 1 amide bonds. The summed E-state index contributed by atoms with van der Waals surface area (Å²) >= 11 is 0. The number of nitrogens with zero attached hydrogens (tertiary/aromatic N) is 2. The number of aromatic nitrogens is 2. The van der Waals surface area contributed by atoms with Crippen molar-refractivity contribution in [1.82, 2.24) is 10.2 Å². The third kappa shape index (κ3) is 4.28. The second-order valence-electron chi connectivity index (χ2n) is 5.34. The number of benzene rings is 1. The van der Waals surface area contributed by atoms with Crippen molar-refractivity contribution in [3.63, 3.8) is 0 Å². The molecule has 0 fully saturated rings.